The number of hydrogen-bond acceptors (Lipinski definition) is 2. The number of benzene rings is 1. The van der Waals surface area contributed by atoms with Crippen LogP contribution in [0.15, 0.2) is 30.5 Å². The molecule has 15 heavy (non-hydrogen) atoms. The summed E-state index contributed by atoms with van der Waals surface area (Å²) in [5.41, 5.74) is 6.80. The monoisotopic (exact) mass is 200 g/mol. The first-order valence-electron chi connectivity index (χ1n) is 4.90. The molecular weight excluding hydrogens is 188 g/mol. The number of hydrogen-bond donors (Lipinski definition) is 1. The van der Waals surface area contributed by atoms with Crippen LogP contribution in [-0.4, -0.2) is 10.9 Å². The number of aryl methyl sites for hydroxylation is 1. The Morgan fingerprint density at radius 3 is 2.87 bits per heavy atom. The van der Waals surface area contributed by atoms with Crippen molar-refractivity contribution in [2.24, 2.45) is 5.73 Å². The summed E-state index contributed by atoms with van der Waals surface area (Å²) in [4.78, 5) is 15.2. The molecule has 3 heteroatoms. The molecule has 0 aliphatic rings. The van der Waals surface area contributed by atoms with Gasteiger partial charge in [-0.1, -0.05) is 19.1 Å². The normalized spacial score (nSPS) is 10.5. The number of nitrogens with zero attached hydrogens (tertiary/aromatic N) is 1. The maximum atomic E-state index is 11.2. The second-order valence-corrected chi connectivity index (χ2v) is 3.43. The molecule has 1 aromatic carbocycles. The second-order valence-electron chi connectivity index (χ2n) is 3.43. The van der Waals surface area contributed by atoms with Crippen LogP contribution in [0.25, 0.3) is 10.8 Å². The third kappa shape index (κ3) is 1.68. The molecule has 0 radical (unpaired) electrons. The largest absolute Gasteiger partial charge is 0.364 e. The van der Waals surface area contributed by atoms with Crippen LogP contribution in [0.2, 0.25) is 0 Å². The molecule has 3 nitrogen and oxygen atoms in total. The number of fused-ring (bicyclic) bond motifs is 1. The molecular formula is C12H12N2O. The van der Waals surface area contributed by atoms with E-state index in [-0.39, 0.29) is 0 Å². The topological polar surface area (TPSA) is 56.0 Å². The van der Waals surface area contributed by atoms with Crippen LogP contribution in [0.4, 0.5) is 0 Å². The predicted molar refractivity (Wildman–Crippen MR) is 59.6 cm³/mol. The van der Waals surface area contributed by atoms with E-state index in [0.29, 0.717) is 5.69 Å². The zero-order chi connectivity index (χ0) is 10.8. The Morgan fingerprint density at radius 1 is 1.40 bits per heavy atom. The molecule has 1 heterocycles. The lowest BCUT2D eigenvalue weighted by molar-refractivity contribution is 0.0997. The molecule has 0 fully saturated rings. The fraction of sp³-hybridized carbons (Fsp3) is 0.167. The number of nitrogens with two attached hydrogens (primary N) is 1. The summed E-state index contributed by atoms with van der Waals surface area (Å²) < 4.78 is 0. The van der Waals surface area contributed by atoms with Gasteiger partial charge in [-0.3, -0.25) is 9.78 Å². The fourth-order valence-corrected chi connectivity index (χ4v) is 1.63. The molecule has 1 amide bonds. The van der Waals surface area contributed by atoms with E-state index in [2.05, 4.69) is 11.9 Å². The molecule has 1 aromatic heterocycles. The molecule has 0 bridgehead atoms. The molecule has 0 unspecified atom stereocenters. The summed E-state index contributed by atoms with van der Waals surface area (Å²) in [6.07, 6.45) is 2.54. The average Bonchev–Trinajstić information content (AvgIpc) is 2.27. The van der Waals surface area contributed by atoms with Gasteiger partial charge >= 0.3 is 0 Å². The number of primary amides is 1. The minimum atomic E-state index is -0.478. The summed E-state index contributed by atoms with van der Waals surface area (Å²) in [6, 6.07) is 7.89. The van der Waals surface area contributed by atoms with Crippen molar-refractivity contribution in [2.75, 3.05) is 0 Å². The van der Waals surface area contributed by atoms with Gasteiger partial charge in [0.2, 0.25) is 0 Å². The summed E-state index contributed by atoms with van der Waals surface area (Å²) in [5, 5.41) is 1.83. The summed E-state index contributed by atoms with van der Waals surface area (Å²) >= 11 is 0. The zero-order valence-corrected chi connectivity index (χ0v) is 8.53. The van der Waals surface area contributed by atoms with E-state index in [0.717, 1.165) is 17.2 Å². The number of rotatable bonds is 2. The Labute approximate surface area is 87.9 Å². The van der Waals surface area contributed by atoms with Gasteiger partial charge in [-0.15, -0.1) is 0 Å². The lowest BCUT2D eigenvalue weighted by Crippen LogP contribution is -2.13. The van der Waals surface area contributed by atoms with Crippen LogP contribution in [0, 0.1) is 0 Å². The van der Waals surface area contributed by atoms with Crippen molar-refractivity contribution in [1.29, 1.82) is 0 Å². The maximum absolute atomic E-state index is 11.2. The van der Waals surface area contributed by atoms with Crippen LogP contribution < -0.4 is 5.73 Å². The van der Waals surface area contributed by atoms with Crippen molar-refractivity contribution < 1.29 is 4.79 Å². The van der Waals surface area contributed by atoms with Crippen molar-refractivity contribution in [1.82, 2.24) is 4.98 Å². The molecule has 2 N–H and O–H groups in total. The Hall–Kier alpha value is -1.90. The summed E-state index contributed by atoms with van der Waals surface area (Å²) in [5.74, 6) is -0.478. The van der Waals surface area contributed by atoms with Gasteiger partial charge in [0, 0.05) is 11.6 Å². The van der Waals surface area contributed by atoms with Crippen molar-refractivity contribution in [3.63, 3.8) is 0 Å². The molecule has 0 aliphatic heterocycles. The molecule has 76 valence electrons. The minimum absolute atomic E-state index is 0.350. The van der Waals surface area contributed by atoms with Gasteiger partial charge < -0.3 is 5.73 Å². The van der Waals surface area contributed by atoms with Crippen molar-refractivity contribution in [3.8, 4) is 0 Å². The van der Waals surface area contributed by atoms with E-state index in [1.807, 2.05) is 24.3 Å². The van der Waals surface area contributed by atoms with Crippen LogP contribution in [0.1, 0.15) is 23.0 Å². The Bertz CT molecular complexity index is 520. The first-order chi connectivity index (χ1) is 7.22. The second kappa shape index (κ2) is 3.69. The third-order valence-corrected chi connectivity index (χ3v) is 2.47. The lowest BCUT2D eigenvalue weighted by Gasteiger charge is -2.04. The number of pyridine rings is 1. The van der Waals surface area contributed by atoms with Gasteiger partial charge in [-0.25, -0.2) is 0 Å². The van der Waals surface area contributed by atoms with E-state index in [4.69, 9.17) is 5.73 Å². The van der Waals surface area contributed by atoms with Crippen LogP contribution in [-0.2, 0) is 6.42 Å². The van der Waals surface area contributed by atoms with Crippen molar-refractivity contribution in [3.05, 3.63) is 41.7 Å². The van der Waals surface area contributed by atoms with Gasteiger partial charge in [-0.2, -0.15) is 0 Å². The van der Waals surface area contributed by atoms with E-state index in [1.54, 1.807) is 6.20 Å². The number of amides is 1. The highest BCUT2D eigenvalue weighted by Gasteiger charge is 2.07. The number of carbonyl (C=O) groups excluding carboxylic acids is 1. The van der Waals surface area contributed by atoms with E-state index in [1.165, 1.54) is 5.56 Å². The van der Waals surface area contributed by atoms with Gasteiger partial charge in [0.1, 0.15) is 5.69 Å². The Balaban J connectivity index is 2.76. The highest BCUT2D eigenvalue weighted by Crippen LogP contribution is 2.18. The lowest BCUT2D eigenvalue weighted by atomic mass is 10.0. The molecule has 0 saturated carbocycles. The summed E-state index contributed by atoms with van der Waals surface area (Å²) in [6.45, 7) is 2.07. The first-order valence-corrected chi connectivity index (χ1v) is 4.90. The minimum Gasteiger partial charge on any atom is -0.364 e. The molecule has 2 aromatic rings. The third-order valence-electron chi connectivity index (χ3n) is 2.47. The standard InChI is InChI=1S/C12H12N2O/c1-2-8-3-4-9-5-6-14-11(12(13)15)10(9)7-8/h3-7H,2H2,1H3,(H2,13,15). The van der Waals surface area contributed by atoms with Gasteiger partial charge in [0.15, 0.2) is 0 Å². The average molecular weight is 200 g/mol. The highest BCUT2D eigenvalue weighted by molar-refractivity contribution is 6.04. The fourth-order valence-electron chi connectivity index (χ4n) is 1.63. The molecule has 0 spiro atoms. The quantitative estimate of drug-likeness (QED) is 0.804. The Kier molecular flexibility index (Phi) is 2.37. The number of carbonyl (C=O) groups is 1. The predicted octanol–water partition coefficient (Wildman–Crippen LogP) is 1.90. The van der Waals surface area contributed by atoms with Crippen LogP contribution in [0.5, 0.6) is 0 Å². The molecule has 0 atom stereocenters. The van der Waals surface area contributed by atoms with Crippen molar-refractivity contribution in [2.45, 2.75) is 13.3 Å². The molecule has 0 saturated heterocycles. The smallest absolute Gasteiger partial charge is 0.267 e. The van der Waals surface area contributed by atoms with Gasteiger partial charge in [0.05, 0.1) is 0 Å². The first kappa shape index (κ1) is 9.65. The zero-order valence-electron chi connectivity index (χ0n) is 8.53. The molecule has 2 rings (SSSR count). The summed E-state index contributed by atoms with van der Waals surface area (Å²) in [7, 11) is 0. The SMILES string of the molecule is CCc1ccc2ccnc(C(N)=O)c2c1. The van der Waals surface area contributed by atoms with Gasteiger partial charge in [-0.05, 0) is 29.5 Å². The molecule has 0 aliphatic carbocycles. The number of aromatic nitrogens is 1. The van der Waals surface area contributed by atoms with Gasteiger partial charge in [0.25, 0.3) is 5.91 Å². The van der Waals surface area contributed by atoms with E-state index < -0.39 is 5.91 Å². The maximum Gasteiger partial charge on any atom is 0.267 e. The van der Waals surface area contributed by atoms with Crippen LogP contribution >= 0.6 is 0 Å². The van der Waals surface area contributed by atoms with E-state index >= 15 is 0 Å². The van der Waals surface area contributed by atoms with Crippen LogP contribution in [0.3, 0.4) is 0 Å². The van der Waals surface area contributed by atoms with E-state index in [9.17, 15) is 4.79 Å². The highest BCUT2D eigenvalue weighted by atomic mass is 16.1. The Morgan fingerprint density at radius 2 is 2.20 bits per heavy atom. The van der Waals surface area contributed by atoms with Crippen molar-refractivity contribution >= 4 is 16.7 Å².